The third-order valence-electron chi connectivity index (χ3n) is 4.56. The van der Waals surface area contributed by atoms with Gasteiger partial charge in [0.25, 0.3) is 0 Å². The highest BCUT2D eigenvalue weighted by Gasteiger charge is 2.29. The lowest BCUT2D eigenvalue weighted by Crippen LogP contribution is -2.55. The molecule has 0 aliphatic rings. The lowest BCUT2D eigenvalue weighted by atomic mass is 10.1. The summed E-state index contributed by atoms with van der Waals surface area (Å²) in [4.78, 5) is 59.6. The summed E-state index contributed by atoms with van der Waals surface area (Å²) in [7, 11) is 0. The first kappa shape index (κ1) is 30.9. The molecule has 16 nitrogen and oxygen atoms in total. The van der Waals surface area contributed by atoms with Crippen LogP contribution in [0, 0.1) is 10.8 Å². The zero-order chi connectivity index (χ0) is 27.0. The molecule has 0 rings (SSSR count). The van der Waals surface area contributed by atoms with Crippen LogP contribution in [-0.2, 0) is 24.0 Å². The van der Waals surface area contributed by atoms with Crippen LogP contribution in [0.1, 0.15) is 45.4 Å². The van der Waals surface area contributed by atoms with Gasteiger partial charge in [-0.25, -0.2) is 4.79 Å². The molecule has 0 fully saturated rings. The predicted molar refractivity (Wildman–Crippen MR) is 124 cm³/mol. The number of hydrogen-bond donors (Lipinski definition) is 11. The van der Waals surface area contributed by atoms with E-state index in [-0.39, 0.29) is 50.7 Å². The number of nitrogens with two attached hydrogens (primary N) is 2. The molecule has 35 heavy (non-hydrogen) atoms. The van der Waals surface area contributed by atoms with Gasteiger partial charge in [-0.05, 0) is 32.1 Å². The van der Waals surface area contributed by atoms with Gasteiger partial charge in [-0.15, -0.1) is 0 Å². The SMILES string of the molecule is CC(=O)NC(CCCNC(=N)N)C(=O)NC(CCC(=O)O)C(=O)NC(CCCNC(=N)N)C(=O)O. The first-order chi connectivity index (χ1) is 16.3. The van der Waals surface area contributed by atoms with E-state index in [0.717, 1.165) is 0 Å². The second-order valence-electron chi connectivity index (χ2n) is 7.61. The van der Waals surface area contributed by atoms with Crippen molar-refractivity contribution >= 4 is 41.6 Å². The topological polar surface area (TPSA) is 286 Å². The monoisotopic (exact) mass is 501 g/mol. The molecule has 0 radical (unpaired) electrons. The molecule has 0 aromatic rings. The van der Waals surface area contributed by atoms with E-state index in [4.69, 9.17) is 27.4 Å². The Morgan fingerprint density at radius 3 is 1.57 bits per heavy atom. The average Bonchev–Trinajstić information content (AvgIpc) is 2.74. The van der Waals surface area contributed by atoms with Crippen molar-refractivity contribution < 1.29 is 34.2 Å². The molecule has 0 aromatic heterocycles. The van der Waals surface area contributed by atoms with Crippen LogP contribution in [0.3, 0.4) is 0 Å². The van der Waals surface area contributed by atoms with Gasteiger partial charge in [0.1, 0.15) is 18.1 Å². The largest absolute Gasteiger partial charge is 0.481 e. The molecule has 3 unspecified atom stereocenters. The van der Waals surface area contributed by atoms with Crippen LogP contribution >= 0.6 is 0 Å². The van der Waals surface area contributed by atoms with E-state index >= 15 is 0 Å². The van der Waals surface area contributed by atoms with E-state index in [2.05, 4.69) is 26.6 Å². The summed E-state index contributed by atoms with van der Waals surface area (Å²) in [6.45, 7) is 1.65. The number of carbonyl (C=O) groups is 5. The summed E-state index contributed by atoms with van der Waals surface area (Å²) >= 11 is 0. The van der Waals surface area contributed by atoms with Crippen molar-refractivity contribution in [3.05, 3.63) is 0 Å². The Kier molecular flexibility index (Phi) is 14.6. The quantitative estimate of drug-likeness (QED) is 0.0540. The molecular formula is C19H35N9O7. The number of carboxylic acid groups (broad SMARTS) is 2. The molecule has 0 bridgehead atoms. The molecule has 0 aliphatic carbocycles. The van der Waals surface area contributed by atoms with Crippen LogP contribution in [-0.4, -0.2) is 83.0 Å². The van der Waals surface area contributed by atoms with E-state index in [1.54, 1.807) is 0 Å². The highest BCUT2D eigenvalue weighted by molar-refractivity contribution is 5.93. The molecule has 13 N–H and O–H groups in total. The Labute approximate surface area is 202 Å². The van der Waals surface area contributed by atoms with Crippen molar-refractivity contribution in [1.82, 2.24) is 26.6 Å². The predicted octanol–water partition coefficient (Wildman–Crippen LogP) is -3.06. The second-order valence-corrected chi connectivity index (χ2v) is 7.61. The minimum absolute atomic E-state index is 0.0153. The van der Waals surface area contributed by atoms with E-state index in [0.29, 0.717) is 6.42 Å². The molecular weight excluding hydrogens is 466 g/mol. The maximum absolute atomic E-state index is 12.8. The number of guanidine groups is 2. The van der Waals surface area contributed by atoms with Crippen LogP contribution in [0.15, 0.2) is 0 Å². The second kappa shape index (κ2) is 16.5. The number of carboxylic acids is 2. The first-order valence-electron chi connectivity index (χ1n) is 10.8. The van der Waals surface area contributed by atoms with Crippen molar-refractivity contribution in [3.8, 4) is 0 Å². The van der Waals surface area contributed by atoms with Crippen LogP contribution in [0.4, 0.5) is 0 Å². The normalized spacial score (nSPS) is 12.8. The number of rotatable bonds is 17. The molecule has 0 aromatic carbocycles. The van der Waals surface area contributed by atoms with Crippen LogP contribution in [0.2, 0.25) is 0 Å². The number of amides is 3. The maximum atomic E-state index is 12.8. The highest BCUT2D eigenvalue weighted by atomic mass is 16.4. The van der Waals surface area contributed by atoms with E-state index in [1.165, 1.54) is 6.92 Å². The lowest BCUT2D eigenvalue weighted by Gasteiger charge is -2.24. The van der Waals surface area contributed by atoms with Gasteiger partial charge in [-0.1, -0.05) is 0 Å². The minimum atomic E-state index is -1.37. The summed E-state index contributed by atoms with van der Waals surface area (Å²) in [5, 5.41) is 44.8. The van der Waals surface area contributed by atoms with Gasteiger partial charge >= 0.3 is 11.9 Å². The van der Waals surface area contributed by atoms with Crippen LogP contribution in [0.5, 0.6) is 0 Å². The van der Waals surface area contributed by atoms with Gasteiger partial charge in [0, 0.05) is 26.4 Å². The summed E-state index contributed by atoms with van der Waals surface area (Å²) in [5.74, 6) is -5.28. The Bertz CT molecular complexity index is 791. The third-order valence-corrected chi connectivity index (χ3v) is 4.56. The Hall–Kier alpha value is -4.11. The number of aliphatic carboxylic acids is 2. The van der Waals surface area contributed by atoms with Gasteiger partial charge < -0.3 is 48.3 Å². The zero-order valence-corrected chi connectivity index (χ0v) is 19.5. The smallest absolute Gasteiger partial charge is 0.326 e. The Morgan fingerprint density at radius 1 is 0.743 bits per heavy atom. The first-order valence-corrected chi connectivity index (χ1v) is 10.8. The molecule has 16 heteroatoms. The van der Waals surface area contributed by atoms with Crippen LogP contribution < -0.4 is 38.1 Å². The average molecular weight is 502 g/mol. The highest BCUT2D eigenvalue weighted by Crippen LogP contribution is 2.05. The van der Waals surface area contributed by atoms with Gasteiger partial charge in [-0.2, -0.15) is 0 Å². The fraction of sp³-hybridized carbons (Fsp3) is 0.632. The molecule has 198 valence electrons. The van der Waals surface area contributed by atoms with E-state index in [1.807, 2.05) is 0 Å². The number of nitrogens with one attached hydrogen (secondary N) is 7. The van der Waals surface area contributed by atoms with E-state index in [9.17, 15) is 29.1 Å². The summed E-state index contributed by atoms with van der Waals surface area (Å²) < 4.78 is 0. The number of carbonyl (C=O) groups excluding carboxylic acids is 3. The molecule has 0 spiro atoms. The van der Waals surface area contributed by atoms with Crippen LogP contribution in [0.25, 0.3) is 0 Å². The van der Waals surface area contributed by atoms with Crippen molar-refractivity contribution in [2.45, 2.75) is 63.6 Å². The van der Waals surface area contributed by atoms with E-state index < -0.39 is 54.2 Å². The Morgan fingerprint density at radius 2 is 1.17 bits per heavy atom. The molecule has 3 atom stereocenters. The summed E-state index contributed by atoms with van der Waals surface area (Å²) in [6.07, 6.45) is -0.102. The number of hydrogen-bond acceptors (Lipinski definition) is 7. The molecule has 0 saturated carbocycles. The van der Waals surface area contributed by atoms with Crippen molar-refractivity contribution in [2.24, 2.45) is 11.5 Å². The fourth-order valence-corrected chi connectivity index (χ4v) is 2.91. The van der Waals surface area contributed by atoms with Gasteiger partial charge in [-0.3, -0.25) is 30.0 Å². The van der Waals surface area contributed by atoms with Gasteiger partial charge in [0.05, 0.1) is 0 Å². The molecule has 3 amide bonds. The fourth-order valence-electron chi connectivity index (χ4n) is 2.91. The Balaban J connectivity index is 5.29. The molecule has 0 aliphatic heterocycles. The third kappa shape index (κ3) is 15.4. The molecule has 0 heterocycles. The summed E-state index contributed by atoms with van der Waals surface area (Å²) in [6, 6.07) is -3.76. The summed E-state index contributed by atoms with van der Waals surface area (Å²) in [5.41, 5.74) is 10.3. The standard InChI is InChI=1S/C19H35N9O7/c1-10(29)26-11(4-2-8-24-18(20)21)15(32)27-12(6-7-14(30)31)16(33)28-13(17(34)35)5-3-9-25-19(22)23/h11-13H,2-9H2,1H3,(H,26,29)(H,27,32)(H,28,33)(H,30,31)(H,34,35)(H4,20,21,24)(H4,22,23,25). The van der Waals surface area contributed by atoms with Gasteiger partial charge in [0.15, 0.2) is 11.9 Å². The van der Waals surface area contributed by atoms with Crippen molar-refractivity contribution in [1.29, 1.82) is 10.8 Å². The molecule has 0 saturated heterocycles. The van der Waals surface area contributed by atoms with Gasteiger partial charge in [0.2, 0.25) is 17.7 Å². The minimum Gasteiger partial charge on any atom is -0.481 e. The lowest BCUT2D eigenvalue weighted by molar-refractivity contribution is -0.143. The zero-order valence-electron chi connectivity index (χ0n) is 19.5. The maximum Gasteiger partial charge on any atom is 0.326 e. The van der Waals surface area contributed by atoms with Crippen molar-refractivity contribution in [2.75, 3.05) is 13.1 Å². The van der Waals surface area contributed by atoms with Crippen molar-refractivity contribution in [3.63, 3.8) is 0 Å².